The largest absolute Gasteiger partial charge is 0.390 e. The van der Waals surface area contributed by atoms with Crippen LogP contribution in [0, 0.1) is 62.4 Å². The van der Waals surface area contributed by atoms with Crippen LogP contribution in [0.25, 0.3) is 0 Å². The molecule has 7 aliphatic rings. The van der Waals surface area contributed by atoms with Crippen molar-refractivity contribution in [2.24, 2.45) is 56.5 Å². The van der Waals surface area contributed by atoms with Crippen molar-refractivity contribution in [3.63, 3.8) is 0 Å². The molecule has 3 unspecified atom stereocenters. The second-order valence-corrected chi connectivity index (χ2v) is 19.4. The average Bonchev–Trinajstić information content (AvgIpc) is 3.70. The Bertz CT molecular complexity index is 1610. The van der Waals surface area contributed by atoms with Gasteiger partial charge < -0.3 is 30.0 Å². The third-order valence-corrected chi connectivity index (χ3v) is 16.8. The number of halogens is 2. The maximum Gasteiger partial charge on any atom is 0.231 e. The van der Waals surface area contributed by atoms with Crippen molar-refractivity contribution in [3.05, 3.63) is 35.4 Å². The van der Waals surface area contributed by atoms with Gasteiger partial charge in [0.25, 0.3) is 0 Å². The summed E-state index contributed by atoms with van der Waals surface area (Å²) in [6.07, 6.45) is 7.01. The second-order valence-electron chi connectivity index (χ2n) is 19.4. The Kier molecular flexibility index (Phi) is 9.21. The van der Waals surface area contributed by atoms with Crippen molar-refractivity contribution in [2.45, 2.75) is 130 Å². The highest BCUT2D eigenvalue weighted by Gasteiger charge is 2.84. The topological polar surface area (TPSA) is 115 Å². The molecule has 3 N–H and O–H groups in total. The number of hydrogen-bond acceptors (Lipinski definition) is 7. The van der Waals surface area contributed by atoms with E-state index in [4.69, 9.17) is 19.9 Å². The molecule has 0 bridgehead atoms. The molecule has 53 heavy (non-hydrogen) atoms. The number of benzene rings is 1. The molecule has 294 valence electrons. The first-order valence-electron chi connectivity index (χ1n) is 20.3. The molecule has 0 aromatic heterocycles. The Morgan fingerprint density at radius 1 is 1.04 bits per heavy atom. The Hall–Kier alpha value is -2.18. The fourth-order valence-electron chi connectivity index (χ4n) is 14.5. The minimum atomic E-state index is -0.662. The average molecular weight is 742 g/mol. The van der Waals surface area contributed by atoms with Crippen LogP contribution in [0.4, 0.5) is 8.78 Å². The number of nitrogens with zero attached hydrogens (tertiary/aromatic N) is 2. The van der Waals surface area contributed by atoms with Gasteiger partial charge >= 0.3 is 0 Å². The van der Waals surface area contributed by atoms with E-state index in [-0.39, 0.29) is 88.4 Å². The fraction of sp³-hybridized carbons (Fsp3) is 0.810. The number of carbonyl (C=O) groups excluding carboxylic acids is 2. The van der Waals surface area contributed by atoms with Crippen LogP contribution in [0.15, 0.2) is 18.2 Å². The van der Waals surface area contributed by atoms with E-state index < -0.39 is 17.7 Å². The molecule has 2 aliphatic heterocycles. The third-order valence-electron chi connectivity index (χ3n) is 16.8. The summed E-state index contributed by atoms with van der Waals surface area (Å²) >= 11 is 0. The van der Waals surface area contributed by atoms with Gasteiger partial charge in [-0.2, -0.15) is 0 Å². The molecular formula is C42H61F2N3O6. The molecule has 8 rings (SSSR count). The number of carbonyl (C=O) groups is 2. The second kappa shape index (κ2) is 12.9. The maximum absolute atomic E-state index is 14.0. The van der Waals surface area contributed by atoms with Gasteiger partial charge in [0.05, 0.1) is 44.1 Å². The predicted molar refractivity (Wildman–Crippen MR) is 194 cm³/mol. The molecule has 5 saturated carbocycles. The lowest BCUT2D eigenvalue weighted by atomic mass is 9.41. The minimum absolute atomic E-state index is 0.0449. The molecule has 2 spiro atoms. The smallest absolute Gasteiger partial charge is 0.231 e. The number of aliphatic hydroxyl groups is 1. The molecule has 1 aromatic rings. The van der Waals surface area contributed by atoms with Gasteiger partial charge in [0.1, 0.15) is 11.6 Å². The van der Waals surface area contributed by atoms with Crippen LogP contribution in [-0.4, -0.2) is 90.2 Å². The molecule has 7 fully saturated rings. The number of rotatable bonds is 8. The predicted octanol–water partition coefficient (Wildman–Crippen LogP) is 5.66. The fourth-order valence-corrected chi connectivity index (χ4v) is 14.5. The first-order valence-corrected chi connectivity index (χ1v) is 20.3. The normalized spacial score (nSPS) is 45.6. The molecule has 2 heterocycles. The zero-order valence-electron chi connectivity index (χ0n) is 32.5. The van der Waals surface area contributed by atoms with Crippen LogP contribution in [0.3, 0.4) is 0 Å². The van der Waals surface area contributed by atoms with Crippen molar-refractivity contribution in [1.82, 2.24) is 9.80 Å². The monoisotopic (exact) mass is 741 g/mol. The van der Waals surface area contributed by atoms with Gasteiger partial charge in [-0.15, -0.1) is 0 Å². The summed E-state index contributed by atoms with van der Waals surface area (Å²) in [6.45, 7) is 15.8. The summed E-state index contributed by atoms with van der Waals surface area (Å²) in [5.74, 6) is -0.424. The van der Waals surface area contributed by atoms with Crippen LogP contribution < -0.4 is 5.73 Å². The highest BCUT2D eigenvalue weighted by atomic mass is 19.1. The third kappa shape index (κ3) is 5.66. The lowest BCUT2D eigenvalue weighted by Crippen LogP contribution is -2.60. The zero-order valence-corrected chi connectivity index (χ0v) is 32.5. The van der Waals surface area contributed by atoms with E-state index >= 15 is 0 Å². The zero-order chi connectivity index (χ0) is 37.9. The Labute approximate surface area is 313 Å². The Morgan fingerprint density at radius 2 is 1.74 bits per heavy atom. The number of fused-ring (bicyclic) bond motifs is 4. The van der Waals surface area contributed by atoms with Crippen molar-refractivity contribution in [3.8, 4) is 0 Å². The maximum atomic E-state index is 14.0. The van der Waals surface area contributed by atoms with Crippen molar-refractivity contribution in [1.29, 1.82) is 0 Å². The molecule has 2 amide bonds. The molecule has 5 aliphatic carbocycles. The van der Waals surface area contributed by atoms with E-state index in [0.717, 1.165) is 44.6 Å². The van der Waals surface area contributed by atoms with E-state index in [1.54, 1.807) is 4.90 Å². The number of nitrogens with two attached hydrogens (primary N) is 1. The standard InChI is InChI=1S/C42H61F2N3O6/c1-24-15-29(20-47(25(2)48)19-26-16-27(43)18-28(44)17-26)52-36-35(24)39(5)11-12-42-23-41(42)10-9-32(53-34-22-46(13-14-51-34)21-33(45)49)38(3,4)30(41)7-8-31(42)40(39,6)37(36)50/h16-18,24,29-32,34-37,50H,7-15,19-23H2,1-6H3,(H2,45,49)/t24-,29-,30+,31+,32?,34?,35+,36+,37+,39-,40-,41?,42+/m1/s1. The SMILES string of the molecule is CC(=O)N(Cc1cc(F)cc(F)c1)C[C@H]1C[C@@H](C)[C@H]2[C@H](O1)[C@H](O)[C@@]1(C)[C@@H]3CC[C@H]4C(C)(C)C(OC5CN(CC(N)=O)CCO5)CCC45C[C@@]35CC[C@]21C. The molecule has 0 radical (unpaired) electrons. The van der Waals surface area contributed by atoms with Crippen LogP contribution in [0.5, 0.6) is 0 Å². The highest BCUT2D eigenvalue weighted by Crippen LogP contribution is 2.89. The molecule has 11 heteroatoms. The summed E-state index contributed by atoms with van der Waals surface area (Å²) < 4.78 is 47.7. The van der Waals surface area contributed by atoms with Gasteiger partial charge in [-0.3, -0.25) is 14.5 Å². The van der Waals surface area contributed by atoms with Crippen molar-refractivity contribution < 1.29 is 37.7 Å². The summed E-state index contributed by atoms with van der Waals surface area (Å²) in [7, 11) is 0. The quantitative estimate of drug-likeness (QED) is 0.354. The number of morpholine rings is 1. The first-order chi connectivity index (χ1) is 24.9. The minimum Gasteiger partial charge on any atom is -0.390 e. The van der Waals surface area contributed by atoms with Crippen molar-refractivity contribution in [2.75, 3.05) is 32.8 Å². The van der Waals surface area contributed by atoms with Crippen LogP contribution >= 0.6 is 0 Å². The lowest BCUT2D eigenvalue weighted by Gasteiger charge is -2.64. The van der Waals surface area contributed by atoms with Gasteiger partial charge in [0.15, 0.2) is 6.29 Å². The number of hydrogen-bond donors (Lipinski definition) is 2. The Balaban J connectivity index is 0.991. The Morgan fingerprint density at radius 3 is 2.43 bits per heavy atom. The summed E-state index contributed by atoms with van der Waals surface area (Å²) in [5.41, 5.74) is 5.90. The van der Waals surface area contributed by atoms with Gasteiger partial charge in [-0.05, 0) is 114 Å². The molecule has 1 aromatic carbocycles. The number of aliphatic hydroxyl groups excluding tert-OH is 1. The van der Waals surface area contributed by atoms with Crippen LogP contribution in [-0.2, 0) is 30.3 Å². The van der Waals surface area contributed by atoms with E-state index in [9.17, 15) is 23.5 Å². The van der Waals surface area contributed by atoms with Gasteiger partial charge in [-0.25, -0.2) is 8.78 Å². The summed E-state index contributed by atoms with van der Waals surface area (Å²) in [5, 5.41) is 12.6. The van der Waals surface area contributed by atoms with E-state index in [0.29, 0.717) is 43.6 Å². The molecule has 2 saturated heterocycles. The van der Waals surface area contributed by atoms with E-state index in [1.165, 1.54) is 31.9 Å². The molecule has 13 atom stereocenters. The van der Waals surface area contributed by atoms with Gasteiger partial charge in [0, 0.05) is 38.0 Å². The van der Waals surface area contributed by atoms with Crippen LogP contribution in [0.1, 0.15) is 98.5 Å². The van der Waals surface area contributed by atoms with E-state index in [2.05, 4.69) is 34.6 Å². The summed E-state index contributed by atoms with van der Waals surface area (Å²) in [6, 6.07) is 3.39. The lowest BCUT2D eigenvalue weighted by molar-refractivity contribution is -0.248. The van der Waals surface area contributed by atoms with Crippen molar-refractivity contribution >= 4 is 11.8 Å². The van der Waals surface area contributed by atoms with Gasteiger partial charge in [-0.1, -0.05) is 34.6 Å². The van der Waals surface area contributed by atoms with E-state index in [1.807, 2.05) is 4.90 Å². The first kappa shape index (κ1) is 37.7. The molecule has 9 nitrogen and oxygen atoms in total. The van der Waals surface area contributed by atoms with Crippen LogP contribution in [0.2, 0.25) is 0 Å². The number of amides is 2. The van der Waals surface area contributed by atoms with Gasteiger partial charge in [0.2, 0.25) is 11.8 Å². The number of primary amides is 1. The molecular weight excluding hydrogens is 680 g/mol. The summed E-state index contributed by atoms with van der Waals surface area (Å²) in [4.78, 5) is 28.0. The number of ether oxygens (including phenoxy) is 3. The highest BCUT2D eigenvalue weighted by molar-refractivity contribution is 5.76.